The van der Waals surface area contributed by atoms with Crippen LogP contribution in [0.5, 0.6) is 0 Å². The van der Waals surface area contributed by atoms with Crippen LogP contribution < -0.4 is 9.80 Å². The fourth-order valence-electron chi connectivity index (χ4n) is 2.38. The maximum Gasteiger partial charge on any atom is 0.232 e. The average Bonchev–Trinajstić information content (AvgIpc) is 3.26. The van der Waals surface area contributed by atoms with Gasteiger partial charge in [0, 0.05) is 46.7 Å². The zero-order valence-electron chi connectivity index (χ0n) is 18.1. The maximum atomic E-state index is 5.35. The van der Waals surface area contributed by atoms with Crippen molar-refractivity contribution in [2.75, 3.05) is 38.0 Å². The highest BCUT2D eigenvalue weighted by Crippen LogP contribution is 2.27. The van der Waals surface area contributed by atoms with Crippen LogP contribution in [0, 0.1) is 0 Å². The Morgan fingerprint density at radius 3 is 2.34 bits per heavy atom. The molecule has 0 saturated carbocycles. The molecular formula is C18H27N9OS. The minimum Gasteiger partial charge on any atom is -0.363 e. The first-order valence-electron chi connectivity index (χ1n) is 9.15. The van der Waals surface area contributed by atoms with Crippen LogP contribution in [0.3, 0.4) is 0 Å². The summed E-state index contributed by atoms with van der Waals surface area (Å²) in [6.45, 7) is 6.12. The van der Waals surface area contributed by atoms with E-state index in [9.17, 15) is 0 Å². The van der Waals surface area contributed by atoms with Gasteiger partial charge in [0.15, 0.2) is 16.8 Å². The van der Waals surface area contributed by atoms with Crippen LogP contribution >= 0.6 is 11.8 Å². The molecule has 0 saturated heterocycles. The van der Waals surface area contributed by atoms with Crippen molar-refractivity contribution in [1.29, 1.82) is 0 Å². The Bertz CT molecular complexity index is 961. The second kappa shape index (κ2) is 7.97. The van der Waals surface area contributed by atoms with Crippen molar-refractivity contribution >= 4 is 23.5 Å². The second-order valence-electron chi connectivity index (χ2n) is 8.12. The van der Waals surface area contributed by atoms with Crippen LogP contribution in [0.25, 0.3) is 11.5 Å². The Morgan fingerprint density at radius 1 is 1.03 bits per heavy atom. The van der Waals surface area contributed by atoms with E-state index in [4.69, 9.17) is 4.52 Å². The lowest BCUT2D eigenvalue weighted by molar-refractivity contribution is 0.319. The SMILES string of the molecule is CN(C)c1cc(-c2nnc(SCc3noc(C(C)(C)C)n3)n2C)nc(N(C)C)n1. The average molecular weight is 418 g/mol. The predicted molar refractivity (Wildman–Crippen MR) is 113 cm³/mol. The van der Waals surface area contributed by atoms with Crippen molar-refractivity contribution in [2.24, 2.45) is 7.05 Å². The van der Waals surface area contributed by atoms with E-state index in [1.165, 1.54) is 11.8 Å². The number of hydrogen-bond donors (Lipinski definition) is 0. The summed E-state index contributed by atoms with van der Waals surface area (Å²) in [5.41, 5.74) is 0.540. The number of thioether (sulfide) groups is 1. The van der Waals surface area contributed by atoms with Gasteiger partial charge >= 0.3 is 0 Å². The van der Waals surface area contributed by atoms with E-state index < -0.39 is 0 Å². The summed E-state index contributed by atoms with van der Waals surface area (Å²) in [5.74, 6) is 3.89. The van der Waals surface area contributed by atoms with E-state index in [-0.39, 0.29) is 5.41 Å². The molecule has 11 heteroatoms. The lowest BCUT2D eigenvalue weighted by Crippen LogP contribution is -2.17. The van der Waals surface area contributed by atoms with Gasteiger partial charge in [-0.05, 0) is 0 Å². The van der Waals surface area contributed by atoms with Gasteiger partial charge in [0.25, 0.3) is 0 Å². The van der Waals surface area contributed by atoms with Gasteiger partial charge in [-0.2, -0.15) is 9.97 Å². The highest BCUT2D eigenvalue weighted by atomic mass is 32.2. The molecule has 0 amide bonds. The summed E-state index contributed by atoms with van der Waals surface area (Å²) in [6, 6.07) is 1.90. The zero-order valence-corrected chi connectivity index (χ0v) is 18.9. The standard InChI is InChI=1S/C18H27N9OS/c1-18(2,3)15-20-12(24-28-15)10-29-17-23-22-14(27(17)8)11-9-13(25(4)5)21-16(19-11)26(6)7/h9H,10H2,1-8H3. The Kier molecular flexibility index (Phi) is 5.78. The number of aromatic nitrogens is 7. The third-order valence-electron chi connectivity index (χ3n) is 4.06. The van der Waals surface area contributed by atoms with Gasteiger partial charge in [0.2, 0.25) is 11.8 Å². The number of nitrogens with zero attached hydrogens (tertiary/aromatic N) is 9. The summed E-state index contributed by atoms with van der Waals surface area (Å²) in [4.78, 5) is 17.4. The molecule has 0 bridgehead atoms. The summed E-state index contributed by atoms with van der Waals surface area (Å²) in [7, 11) is 9.63. The molecule has 0 aliphatic carbocycles. The molecule has 0 unspecified atom stereocenters. The van der Waals surface area contributed by atoms with Crippen molar-refractivity contribution < 1.29 is 4.52 Å². The quantitative estimate of drug-likeness (QED) is 0.555. The van der Waals surface area contributed by atoms with Crippen molar-refractivity contribution in [3.63, 3.8) is 0 Å². The monoisotopic (exact) mass is 417 g/mol. The number of rotatable bonds is 6. The normalized spacial score (nSPS) is 11.7. The lowest BCUT2D eigenvalue weighted by Gasteiger charge is -2.17. The Labute approximate surface area is 174 Å². The van der Waals surface area contributed by atoms with Crippen LogP contribution in [0.15, 0.2) is 15.7 Å². The largest absolute Gasteiger partial charge is 0.363 e. The van der Waals surface area contributed by atoms with Gasteiger partial charge in [-0.25, -0.2) is 4.98 Å². The molecule has 3 aromatic rings. The van der Waals surface area contributed by atoms with Gasteiger partial charge in [0.05, 0.1) is 5.75 Å². The molecule has 0 aliphatic heterocycles. The van der Waals surface area contributed by atoms with E-state index in [2.05, 4.69) is 30.3 Å². The van der Waals surface area contributed by atoms with Crippen LogP contribution in [0.1, 0.15) is 32.5 Å². The van der Waals surface area contributed by atoms with Gasteiger partial charge in [-0.1, -0.05) is 37.7 Å². The molecule has 156 valence electrons. The first-order valence-corrected chi connectivity index (χ1v) is 10.1. The van der Waals surface area contributed by atoms with E-state index >= 15 is 0 Å². The molecule has 0 fully saturated rings. The molecule has 29 heavy (non-hydrogen) atoms. The van der Waals surface area contributed by atoms with Crippen LogP contribution in [-0.4, -0.2) is 63.1 Å². The molecule has 0 aromatic carbocycles. The first-order chi connectivity index (χ1) is 13.6. The van der Waals surface area contributed by atoms with Crippen molar-refractivity contribution in [3.05, 3.63) is 17.8 Å². The van der Waals surface area contributed by atoms with E-state index in [1.54, 1.807) is 0 Å². The Hall–Kier alpha value is -2.69. The Morgan fingerprint density at radius 2 is 1.76 bits per heavy atom. The maximum absolute atomic E-state index is 5.35. The second-order valence-corrected chi connectivity index (χ2v) is 9.06. The van der Waals surface area contributed by atoms with Crippen molar-refractivity contribution in [3.8, 4) is 11.5 Å². The molecule has 0 spiro atoms. The van der Waals surface area contributed by atoms with Crippen LogP contribution in [0.4, 0.5) is 11.8 Å². The highest BCUT2D eigenvalue weighted by Gasteiger charge is 2.22. The molecular weight excluding hydrogens is 390 g/mol. The summed E-state index contributed by atoms with van der Waals surface area (Å²) >= 11 is 1.50. The first kappa shape index (κ1) is 21.0. The van der Waals surface area contributed by atoms with E-state index in [0.717, 1.165) is 11.0 Å². The molecule has 3 aromatic heterocycles. The minimum absolute atomic E-state index is 0.171. The molecule has 3 heterocycles. The van der Waals surface area contributed by atoms with Crippen molar-refractivity contribution in [1.82, 2.24) is 34.9 Å². The molecule has 0 aliphatic rings. The number of anilines is 2. The summed E-state index contributed by atoms with van der Waals surface area (Å²) in [5, 5.41) is 13.5. The minimum atomic E-state index is -0.171. The van der Waals surface area contributed by atoms with Gasteiger partial charge in [0.1, 0.15) is 11.5 Å². The smallest absolute Gasteiger partial charge is 0.232 e. The van der Waals surface area contributed by atoms with Crippen LogP contribution in [0.2, 0.25) is 0 Å². The van der Waals surface area contributed by atoms with Gasteiger partial charge < -0.3 is 18.9 Å². The topological polar surface area (TPSA) is 102 Å². The summed E-state index contributed by atoms with van der Waals surface area (Å²) < 4.78 is 7.26. The van der Waals surface area contributed by atoms with Crippen molar-refractivity contribution in [2.45, 2.75) is 37.1 Å². The van der Waals surface area contributed by atoms with E-state index in [1.807, 2.05) is 76.4 Å². The predicted octanol–water partition coefficient (Wildman–Crippen LogP) is 2.38. The summed E-state index contributed by atoms with van der Waals surface area (Å²) in [6.07, 6.45) is 0. The number of hydrogen-bond acceptors (Lipinski definition) is 10. The zero-order chi connectivity index (χ0) is 21.3. The third-order valence-corrected chi connectivity index (χ3v) is 5.08. The van der Waals surface area contributed by atoms with Crippen LogP contribution in [-0.2, 0) is 18.2 Å². The Balaban J connectivity index is 1.83. The fourth-order valence-corrected chi connectivity index (χ4v) is 3.13. The molecule has 3 rings (SSSR count). The van der Waals surface area contributed by atoms with Gasteiger partial charge in [-0.3, -0.25) is 0 Å². The molecule has 0 N–H and O–H groups in total. The van der Waals surface area contributed by atoms with Gasteiger partial charge in [-0.15, -0.1) is 10.2 Å². The highest BCUT2D eigenvalue weighted by molar-refractivity contribution is 7.98. The molecule has 0 atom stereocenters. The fraction of sp³-hybridized carbons (Fsp3) is 0.556. The molecule has 0 radical (unpaired) electrons. The molecule has 10 nitrogen and oxygen atoms in total. The van der Waals surface area contributed by atoms with E-state index in [0.29, 0.717) is 34.9 Å². The lowest BCUT2D eigenvalue weighted by atomic mass is 9.97. The third kappa shape index (κ3) is 4.66.